The molecule has 1 N–H and O–H groups in total. The lowest BCUT2D eigenvalue weighted by atomic mass is 9.96. The maximum atomic E-state index is 4.79. The molecule has 1 atom stereocenters. The Bertz CT molecular complexity index is 346. The Morgan fingerprint density at radius 2 is 2.12 bits per heavy atom. The fourth-order valence-electron chi connectivity index (χ4n) is 3.22. The molecule has 2 heterocycles. The first-order chi connectivity index (χ1) is 8.42. The Hall–Kier alpha value is -0.830. The van der Waals surface area contributed by atoms with Crippen molar-refractivity contribution in [1.29, 1.82) is 0 Å². The van der Waals surface area contributed by atoms with E-state index >= 15 is 0 Å². The van der Waals surface area contributed by atoms with Crippen LogP contribution in [0.5, 0.6) is 0 Å². The van der Waals surface area contributed by atoms with Crippen LogP contribution in [-0.2, 0) is 6.42 Å². The van der Waals surface area contributed by atoms with E-state index in [1.165, 1.54) is 57.3 Å². The van der Waals surface area contributed by atoms with Crippen LogP contribution >= 0.6 is 0 Å². The number of hydrogen-bond donors (Lipinski definition) is 1. The molecule has 1 aromatic rings. The van der Waals surface area contributed by atoms with E-state index in [1.807, 2.05) is 0 Å². The molecule has 0 spiro atoms. The van der Waals surface area contributed by atoms with Crippen molar-refractivity contribution in [2.24, 2.45) is 5.92 Å². The summed E-state index contributed by atoms with van der Waals surface area (Å²) in [7, 11) is 0. The first-order valence-corrected chi connectivity index (χ1v) is 7.16. The molecule has 3 heteroatoms. The largest absolute Gasteiger partial charge is 0.316 e. The van der Waals surface area contributed by atoms with Gasteiger partial charge in [0, 0.05) is 6.20 Å². The first kappa shape index (κ1) is 11.3. The molecule has 1 aliphatic carbocycles. The normalized spacial score (nSPS) is 26.5. The highest BCUT2D eigenvalue weighted by atomic mass is 15.3. The minimum atomic E-state index is 0.680. The minimum absolute atomic E-state index is 0.680. The molecule has 3 rings (SSSR count). The third-order valence-electron chi connectivity index (χ3n) is 4.27. The van der Waals surface area contributed by atoms with Gasteiger partial charge in [0.25, 0.3) is 0 Å². The quantitative estimate of drug-likeness (QED) is 0.869. The van der Waals surface area contributed by atoms with Gasteiger partial charge in [-0.15, -0.1) is 0 Å². The molecular weight excluding hydrogens is 210 g/mol. The highest BCUT2D eigenvalue weighted by Gasteiger charge is 2.18. The van der Waals surface area contributed by atoms with Gasteiger partial charge in [-0.2, -0.15) is 5.10 Å². The van der Waals surface area contributed by atoms with Crippen LogP contribution in [0.25, 0.3) is 0 Å². The number of rotatable bonds is 3. The van der Waals surface area contributed by atoms with Gasteiger partial charge in [-0.05, 0) is 50.8 Å². The van der Waals surface area contributed by atoms with Crippen LogP contribution in [0.4, 0.5) is 0 Å². The van der Waals surface area contributed by atoms with Gasteiger partial charge in [-0.25, -0.2) is 0 Å². The van der Waals surface area contributed by atoms with Crippen molar-refractivity contribution in [3.8, 4) is 0 Å². The van der Waals surface area contributed by atoms with Crippen LogP contribution in [0.2, 0.25) is 0 Å². The molecular formula is C14H23N3. The summed E-state index contributed by atoms with van der Waals surface area (Å²) in [6.07, 6.45) is 11.5. The van der Waals surface area contributed by atoms with Gasteiger partial charge < -0.3 is 5.32 Å². The van der Waals surface area contributed by atoms with E-state index in [0.717, 1.165) is 12.3 Å². The van der Waals surface area contributed by atoms with Crippen molar-refractivity contribution in [3.05, 3.63) is 18.0 Å². The molecule has 94 valence electrons. The third-order valence-corrected chi connectivity index (χ3v) is 4.27. The first-order valence-electron chi connectivity index (χ1n) is 7.16. The monoisotopic (exact) mass is 233 g/mol. The molecule has 3 nitrogen and oxygen atoms in total. The number of hydrogen-bond acceptors (Lipinski definition) is 2. The van der Waals surface area contributed by atoms with Crippen molar-refractivity contribution >= 4 is 0 Å². The van der Waals surface area contributed by atoms with E-state index in [1.54, 1.807) is 0 Å². The molecule has 1 aliphatic heterocycles. The van der Waals surface area contributed by atoms with Gasteiger partial charge in [0.1, 0.15) is 0 Å². The molecule has 1 aromatic heterocycles. The SMILES string of the molecule is c1cn(C2CCCCC2)nc1CC1CCNC1. The lowest BCUT2D eigenvalue weighted by Gasteiger charge is -2.21. The summed E-state index contributed by atoms with van der Waals surface area (Å²) in [4.78, 5) is 0. The third kappa shape index (κ3) is 2.71. The van der Waals surface area contributed by atoms with Crippen molar-refractivity contribution < 1.29 is 0 Å². The molecule has 0 amide bonds. The van der Waals surface area contributed by atoms with Gasteiger partial charge in [-0.1, -0.05) is 19.3 Å². The zero-order valence-electron chi connectivity index (χ0n) is 10.6. The lowest BCUT2D eigenvalue weighted by Crippen LogP contribution is -2.14. The van der Waals surface area contributed by atoms with Crippen LogP contribution in [-0.4, -0.2) is 22.9 Å². The zero-order chi connectivity index (χ0) is 11.5. The summed E-state index contributed by atoms with van der Waals surface area (Å²) in [6, 6.07) is 2.91. The van der Waals surface area contributed by atoms with Crippen molar-refractivity contribution in [1.82, 2.24) is 15.1 Å². The Morgan fingerprint density at radius 3 is 2.88 bits per heavy atom. The summed E-state index contributed by atoms with van der Waals surface area (Å²) >= 11 is 0. The van der Waals surface area contributed by atoms with E-state index in [9.17, 15) is 0 Å². The van der Waals surface area contributed by atoms with Gasteiger partial charge in [0.15, 0.2) is 0 Å². The summed E-state index contributed by atoms with van der Waals surface area (Å²) < 4.78 is 2.23. The highest BCUT2D eigenvalue weighted by molar-refractivity contribution is 5.02. The number of nitrogens with zero attached hydrogens (tertiary/aromatic N) is 2. The maximum absolute atomic E-state index is 4.79. The highest BCUT2D eigenvalue weighted by Crippen LogP contribution is 2.27. The lowest BCUT2D eigenvalue weighted by molar-refractivity contribution is 0.327. The van der Waals surface area contributed by atoms with Gasteiger partial charge in [0.2, 0.25) is 0 Å². The average Bonchev–Trinajstić information content (AvgIpc) is 3.02. The van der Waals surface area contributed by atoms with Crippen molar-refractivity contribution in [3.63, 3.8) is 0 Å². The van der Waals surface area contributed by atoms with E-state index in [-0.39, 0.29) is 0 Å². The minimum Gasteiger partial charge on any atom is -0.316 e. The molecule has 0 aromatic carbocycles. The van der Waals surface area contributed by atoms with Crippen LogP contribution in [0.15, 0.2) is 12.3 Å². The van der Waals surface area contributed by atoms with Crippen molar-refractivity contribution in [2.45, 2.75) is 51.0 Å². The molecule has 1 unspecified atom stereocenters. The molecule has 1 saturated heterocycles. The van der Waals surface area contributed by atoms with Crippen LogP contribution in [0, 0.1) is 5.92 Å². The van der Waals surface area contributed by atoms with E-state index in [2.05, 4.69) is 22.3 Å². The topological polar surface area (TPSA) is 29.9 Å². The van der Waals surface area contributed by atoms with Gasteiger partial charge >= 0.3 is 0 Å². The maximum Gasteiger partial charge on any atom is 0.0628 e. The summed E-state index contributed by atoms with van der Waals surface area (Å²) in [5.74, 6) is 0.810. The summed E-state index contributed by atoms with van der Waals surface area (Å²) in [5, 5.41) is 8.21. The smallest absolute Gasteiger partial charge is 0.0628 e. The van der Waals surface area contributed by atoms with Crippen LogP contribution in [0.1, 0.15) is 50.3 Å². The van der Waals surface area contributed by atoms with E-state index < -0.39 is 0 Å². The second-order valence-corrected chi connectivity index (χ2v) is 5.64. The zero-order valence-corrected chi connectivity index (χ0v) is 10.6. The molecule has 0 radical (unpaired) electrons. The Kier molecular flexibility index (Phi) is 3.46. The summed E-state index contributed by atoms with van der Waals surface area (Å²) in [5.41, 5.74) is 1.30. The second-order valence-electron chi connectivity index (χ2n) is 5.64. The fraction of sp³-hybridized carbons (Fsp3) is 0.786. The Labute approximate surface area is 104 Å². The Morgan fingerprint density at radius 1 is 1.24 bits per heavy atom. The fourth-order valence-corrected chi connectivity index (χ4v) is 3.22. The standard InChI is InChI=1S/C14H23N3/c1-2-4-14(5-3-1)17-9-7-13(16-17)10-12-6-8-15-11-12/h7,9,12,14-15H,1-6,8,10-11H2. The number of aromatic nitrogens is 2. The van der Waals surface area contributed by atoms with Crippen LogP contribution < -0.4 is 5.32 Å². The molecule has 2 aliphatic rings. The molecule has 17 heavy (non-hydrogen) atoms. The second kappa shape index (κ2) is 5.21. The van der Waals surface area contributed by atoms with Crippen molar-refractivity contribution in [2.75, 3.05) is 13.1 Å². The molecule has 2 fully saturated rings. The van der Waals surface area contributed by atoms with E-state index in [4.69, 9.17) is 5.10 Å². The van der Waals surface area contributed by atoms with Gasteiger partial charge in [0.05, 0.1) is 11.7 Å². The average molecular weight is 233 g/mol. The summed E-state index contributed by atoms with van der Waals surface area (Å²) in [6.45, 7) is 2.37. The predicted molar refractivity (Wildman–Crippen MR) is 69.0 cm³/mol. The molecule has 0 bridgehead atoms. The number of nitrogens with one attached hydrogen (secondary N) is 1. The molecule has 1 saturated carbocycles. The Balaban J connectivity index is 1.60. The van der Waals surface area contributed by atoms with E-state index in [0.29, 0.717) is 6.04 Å². The predicted octanol–water partition coefficient (Wildman–Crippen LogP) is 2.54. The van der Waals surface area contributed by atoms with Crippen LogP contribution in [0.3, 0.4) is 0 Å². The van der Waals surface area contributed by atoms with Gasteiger partial charge in [-0.3, -0.25) is 4.68 Å².